The number of carbonyl (C=O) groups excluding carboxylic acids is 2. The number of amides is 2. The van der Waals surface area contributed by atoms with Gasteiger partial charge in [-0.3, -0.25) is 19.5 Å². The van der Waals surface area contributed by atoms with Crippen LogP contribution in [-0.4, -0.2) is 58.8 Å². The lowest BCUT2D eigenvalue weighted by Gasteiger charge is -2.30. The molecule has 0 bridgehead atoms. The monoisotopic (exact) mass is 498 g/mol. The lowest BCUT2D eigenvalue weighted by Crippen LogP contribution is -2.41. The van der Waals surface area contributed by atoms with Crippen LogP contribution < -0.4 is 4.90 Å². The van der Waals surface area contributed by atoms with Crippen LogP contribution in [0.4, 0.5) is 5.69 Å². The summed E-state index contributed by atoms with van der Waals surface area (Å²) in [5, 5.41) is 0. The fraction of sp³-hybridized carbons (Fsp3) is 0.387. The smallest absolute Gasteiger partial charge is 0.256 e. The fourth-order valence-electron chi connectivity index (χ4n) is 4.97. The number of hydrogen-bond donors (Lipinski definition) is 0. The number of rotatable bonds is 5. The van der Waals surface area contributed by atoms with Crippen LogP contribution in [0.2, 0.25) is 0 Å². The van der Waals surface area contributed by atoms with Crippen LogP contribution in [0.15, 0.2) is 72.9 Å². The van der Waals surface area contributed by atoms with Crippen molar-refractivity contribution in [2.45, 2.75) is 52.6 Å². The van der Waals surface area contributed by atoms with Gasteiger partial charge in [0.2, 0.25) is 5.91 Å². The number of pyridine rings is 1. The topological polar surface area (TPSA) is 56.8 Å². The van der Waals surface area contributed by atoms with Crippen molar-refractivity contribution in [2.24, 2.45) is 0 Å². The maximum Gasteiger partial charge on any atom is 0.256 e. The van der Waals surface area contributed by atoms with E-state index in [2.05, 4.69) is 35.9 Å². The van der Waals surface area contributed by atoms with Gasteiger partial charge < -0.3 is 9.80 Å². The van der Waals surface area contributed by atoms with E-state index in [4.69, 9.17) is 0 Å². The Balaban J connectivity index is 1.65. The van der Waals surface area contributed by atoms with Crippen LogP contribution in [0.25, 0.3) is 0 Å². The van der Waals surface area contributed by atoms with Crippen molar-refractivity contribution < 1.29 is 9.59 Å². The van der Waals surface area contributed by atoms with E-state index in [1.807, 2.05) is 71.3 Å². The first-order chi connectivity index (χ1) is 17.9. The lowest BCUT2D eigenvalue weighted by molar-refractivity contribution is -0.118. The molecule has 3 aromatic rings. The predicted octanol–water partition coefficient (Wildman–Crippen LogP) is 5.11. The molecule has 0 radical (unpaired) electrons. The molecule has 1 aliphatic rings. The highest BCUT2D eigenvalue weighted by Gasteiger charge is 2.25. The third kappa shape index (κ3) is 6.83. The van der Waals surface area contributed by atoms with E-state index in [1.165, 1.54) is 0 Å². The van der Waals surface area contributed by atoms with Crippen molar-refractivity contribution in [3.8, 4) is 0 Å². The largest absolute Gasteiger partial charge is 0.333 e. The minimum absolute atomic E-state index is 0.0229. The number of hydrogen-bond acceptors (Lipinski definition) is 4. The minimum atomic E-state index is -0.0229. The molecule has 1 aliphatic heterocycles. The zero-order valence-electron chi connectivity index (χ0n) is 22.3. The summed E-state index contributed by atoms with van der Waals surface area (Å²) >= 11 is 0. The Kier molecular flexibility index (Phi) is 9.07. The predicted molar refractivity (Wildman–Crippen MR) is 149 cm³/mol. The van der Waals surface area contributed by atoms with E-state index in [9.17, 15) is 9.59 Å². The van der Waals surface area contributed by atoms with Gasteiger partial charge >= 0.3 is 0 Å². The van der Waals surface area contributed by atoms with Gasteiger partial charge in [-0.1, -0.05) is 48.5 Å². The molecular formula is C31H38N4O2. The van der Waals surface area contributed by atoms with Crippen LogP contribution in [0.5, 0.6) is 0 Å². The Labute approximate surface area is 220 Å². The van der Waals surface area contributed by atoms with Gasteiger partial charge in [0.15, 0.2) is 0 Å². The fourth-order valence-corrected chi connectivity index (χ4v) is 4.97. The standard InChI is InChI=1S/C31H38N4O2/c1-24(2)33-19-10-20-35(30(36)17-16-26-11-5-4-6-12-26)29-15-8-7-13-27(29)23-34(22-21-33)31(37)28-14-9-18-32-25(28)3/h4-9,11-15,18,24H,10,16-17,19-23H2,1-3H3. The molecule has 0 saturated heterocycles. The molecule has 2 amide bonds. The Morgan fingerprint density at radius 2 is 1.65 bits per heavy atom. The lowest BCUT2D eigenvalue weighted by atomic mass is 10.1. The number of carbonyl (C=O) groups is 2. The quantitative estimate of drug-likeness (QED) is 0.490. The van der Waals surface area contributed by atoms with E-state index in [1.54, 1.807) is 6.20 Å². The summed E-state index contributed by atoms with van der Waals surface area (Å²) in [5.41, 5.74) is 4.41. The van der Waals surface area contributed by atoms with Crippen molar-refractivity contribution in [1.82, 2.24) is 14.8 Å². The first-order valence-corrected chi connectivity index (χ1v) is 13.3. The summed E-state index contributed by atoms with van der Waals surface area (Å²) in [5.74, 6) is 0.0953. The molecule has 37 heavy (non-hydrogen) atoms. The molecule has 0 spiro atoms. The third-order valence-corrected chi connectivity index (χ3v) is 7.15. The van der Waals surface area contributed by atoms with E-state index >= 15 is 0 Å². The highest BCUT2D eigenvalue weighted by atomic mass is 16.2. The maximum absolute atomic E-state index is 13.7. The number of aromatic nitrogens is 1. The van der Waals surface area contributed by atoms with Crippen LogP contribution in [0.3, 0.4) is 0 Å². The SMILES string of the molecule is Cc1ncccc1C(=O)N1CCN(C(C)C)CCCN(C(=O)CCc2ccccc2)c2ccccc2C1. The van der Waals surface area contributed by atoms with Crippen molar-refractivity contribution in [2.75, 3.05) is 31.1 Å². The van der Waals surface area contributed by atoms with E-state index in [0.717, 1.165) is 42.0 Å². The summed E-state index contributed by atoms with van der Waals surface area (Å²) < 4.78 is 0. The molecule has 6 nitrogen and oxygen atoms in total. The summed E-state index contributed by atoms with van der Waals surface area (Å²) in [7, 11) is 0. The number of nitrogens with zero attached hydrogens (tertiary/aromatic N) is 4. The third-order valence-electron chi connectivity index (χ3n) is 7.15. The van der Waals surface area contributed by atoms with Crippen LogP contribution in [-0.2, 0) is 17.8 Å². The summed E-state index contributed by atoms with van der Waals surface area (Å²) in [6, 6.07) is 22.2. The zero-order valence-corrected chi connectivity index (χ0v) is 22.3. The second kappa shape index (κ2) is 12.6. The summed E-state index contributed by atoms with van der Waals surface area (Å²) in [6.07, 6.45) is 3.75. The van der Waals surface area contributed by atoms with Crippen LogP contribution in [0.1, 0.15) is 53.9 Å². The normalized spacial score (nSPS) is 15.2. The van der Waals surface area contributed by atoms with Gasteiger partial charge in [-0.25, -0.2) is 0 Å². The van der Waals surface area contributed by atoms with Gasteiger partial charge in [0, 0.05) is 62.8 Å². The molecule has 0 unspecified atom stereocenters. The average molecular weight is 499 g/mol. The van der Waals surface area contributed by atoms with Gasteiger partial charge in [0.05, 0.1) is 5.56 Å². The second-order valence-corrected chi connectivity index (χ2v) is 10.0. The molecule has 0 saturated carbocycles. The number of benzene rings is 2. The number of anilines is 1. The molecule has 6 heteroatoms. The molecule has 0 atom stereocenters. The van der Waals surface area contributed by atoms with Crippen molar-refractivity contribution in [1.29, 1.82) is 0 Å². The van der Waals surface area contributed by atoms with Crippen molar-refractivity contribution in [3.63, 3.8) is 0 Å². The first kappa shape index (κ1) is 26.6. The number of fused-ring (bicyclic) bond motifs is 1. The van der Waals surface area contributed by atoms with Crippen LogP contribution >= 0.6 is 0 Å². The molecular weight excluding hydrogens is 460 g/mol. The Morgan fingerprint density at radius 3 is 2.41 bits per heavy atom. The second-order valence-electron chi connectivity index (χ2n) is 10.0. The van der Waals surface area contributed by atoms with Crippen molar-refractivity contribution in [3.05, 3.63) is 95.3 Å². The number of para-hydroxylation sites is 1. The van der Waals surface area contributed by atoms with Gasteiger partial charge in [0.1, 0.15) is 0 Å². The summed E-state index contributed by atoms with van der Waals surface area (Å²) in [6.45, 7) is 9.62. The van der Waals surface area contributed by atoms with E-state index in [-0.39, 0.29) is 11.8 Å². The van der Waals surface area contributed by atoms with Gasteiger partial charge in [-0.2, -0.15) is 0 Å². The first-order valence-electron chi connectivity index (χ1n) is 13.3. The molecule has 0 fully saturated rings. The number of aryl methyl sites for hydroxylation is 2. The van der Waals surface area contributed by atoms with Gasteiger partial charge in [0.25, 0.3) is 5.91 Å². The van der Waals surface area contributed by atoms with E-state index in [0.29, 0.717) is 44.1 Å². The molecule has 194 valence electrons. The highest BCUT2D eigenvalue weighted by molar-refractivity contribution is 5.96. The molecule has 2 heterocycles. The Morgan fingerprint density at radius 1 is 0.892 bits per heavy atom. The minimum Gasteiger partial charge on any atom is -0.333 e. The highest BCUT2D eigenvalue weighted by Crippen LogP contribution is 2.25. The summed E-state index contributed by atoms with van der Waals surface area (Å²) in [4.78, 5) is 37.9. The molecule has 0 N–H and O–H groups in total. The van der Waals surface area contributed by atoms with Crippen LogP contribution in [0, 0.1) is 6.92 Å². The average Bonchev–Trinajstić information content (AvgIpc) is 2.95. The Hall–Kier alpha value is -3.51. The van der Waals surface area contributed by atoms with Crippen molar-refractivity contribution >= 4 is 17.5 Å². The zero-order chi connectivity index (χ0) is 26.2. The van der Waals surface area contributed by atoms with Gasteiger partial charge in [-0.05, 0) is 62.9 Å². The molecule has 1 aromatic heterocycles. The van der Waals surface area contributed by atoms with Gasteiger partial charge in [-0.15, -0.1) is 0 Å². The molecule has 2 aromatic carbocycles. The molecule has 0 aliphatic carbocycles. The Bertz CT molecular complexity index is 1190. The van der Waals surface area contributed by atoms with E-state index < -0.39 is 0 Å². The molecule has 4 rings (SSSR count). The maximum atomic E-state index is 13.7.